The van der Waals surface area contributed by atoms with Crippen LogP contribution in [-0.4, -0.2) is 28.7 Å². The molecule has 0 aliphatic carbocycles. The van der Waals surface area contributed by atoms with Gasteiger partial charge in [-0.2, -0.15) is 0 Å². The maximum Gasteiger partial charge on any atom is 0.257 e. The number of carbonyl (C=O) groups is 2. The van der Waals surface area contributed by atoms with Crippen LogP contribution in [0.15, 0.2) is 82.3 Å². The summed E-state index contributed by atoms with van der Waals surface area (Å²) in [4.78, 5) is 25.6. The van der Waals surface area contributed by atoms with Gasteiger partial charge in [-0.25, -0.2) is 8.78 Å². The van der Waals surface area contributed by atoms with Crippen molar-refractivity contribution in [3.63, 3.8) is 0 Å². The molecule has 4 aromatic rings. The van der Waals surface area contributed by atoms with Crippen LogP contribution in [0.4, 0.5) is 14.5 Å². The predicted molar refractivity (Wildman–Crippen MR) is 134 cm³/mol. The number of anilines is 1. The van der Waals surface area contributed by atoms with E-state index in [2.05, 4.69) is 26.6 Å². The first-order chi connectivity index (χ1) is 16.4. The van der Waals surface area contributed by atoms with Gasteiger partial charge in [0, 0.05) is 45.2 Å². The van der Waals surface area contributed by atoms with Gasteiger partial charge >= 0.3 is 0 Å². The molecule has 0 saturated heterocycles. The number of thioether (sulfide) groups is 1. The molecule has 1 aromatic heterocycles. The van der Waals surface area contributed by atoms with E-state index in [0.29, 0.717) is 6.54 Å². The molecule has 0 radical (unpaired) electrons. The van der Waals surface area contributed by atoms with Gasteiger partial charge in [0.1, 0.15) is 17.2 Å². The van der Waals surface area contributed by atoms with E-state index in [1.165, 1.54) is 17.8 Å². The monoisotopic (exact) mass is 543 g/mol. The van der Waals surface area contributed by atoms with Crippen molar-refractivity contribution in [2.75, 3.05) is 17.6 Å². The quantitative estimate of drug-likeness (QED) is 0.274. The number of aromatic nitrogens is 1. The fourth-order valence-corrected chi connectivity index (χ4v) is 4.63. The van der Waals surface area contributed by atoms with Crippen molar-refractivity contribution < 1.29 is 18.4 Å². The Bertz CT molecular complexity index is 1320. The normalized spacial score (nSPS) is 10.9. The highest BCUT2D eigenvalue weighted by molar-refractivity contribution is 9.10. The minimum atomic E-state index is -0.899. The topological polar surface area (TPSA) is 63.1 Å². The molecule has 3 aromatic carbocycles. The number of halogens is 3. The average molecular weight is 544 g/mol. The molecule has 0 bridgehead atoms. The Kier molecular flexibility index (Phi) is 7.64. The zero-order valence-corrected chi connectivity index (χ0v) is 20.3. The number of benzene rings is 3. The number of fused-ring (bicyclic) bond motifs is 1. The molecule has 0 unspecified atom stereocenters. The Hall–Kier alpha value is -3.17. The molecule has 9 heteroatoms. The Balaban J connectivity index is 1.40. The van der Waals surface area contributed by atoms with Crippen molar-refractivity contribution in [3.05, 3.63) is 94.6 Å². The summed E-state index contributed by atoms with van der Waals surface area (Å²) in [6, 6.07) is 18.4. The minimum Gasteiger partial charge on any atom is -0.350 e. The zero-order chi connectivity index (χ0) is 24.1. The largest absolute Gasteiger partial charge is 0.350 e. The fourth-order valence-electron chi connectivity index (χ4n) is 3.48. The Labute approximate surface area is 207 Å². The van der Waals surface area contributed by atoms with E-state index in [-0.39, 0.29) is 18.2 Å². The molecular formula is C25H20BrF2N3O2S. The van der Waals surface area contributed by atoms with Crippen molar-refractivity contribution in [1.82, 2.24) is 9.88 Å². The Morgan fingerprint density at radius 3 is 2.38 bits per heavy atom. The van der Waals surface area contributed by atoms with Gasteiger partial charge in [-0.3, -0.25) is 9.59 Å². The van der Waals surface area contributed by atoms with Crippen LogP contribution in [0.1, 0.15) is 10.4 Å². The molecule has 0 saturated carbocycles. The maximum absolute atomic E-state index is 13.8. The molecule has 2 amide bonds. The van der Waals surface area contributed by atoms with E-state index in [4.69, 9.17) is 0 Å². The van der Waals surface area contributed by atoms with Gasteiger partial charge in [0.15, 0.2) is 0 Å². The third-order valence-corrected chi connectivity index (χ3v) is 6.64. The Morgan fingerprint density at radius 2 is 1.65 bits per heavy atom. The zero-order valence-electron chi connectivity index (χ0n) is 17.9. The summed E-state index contributed by atoms with van der Waals surface area (Å²) in [6.45, 7) is 0.577. The summed E-state index contributed by atoms with van der Waals surface area (Å²) >= 11 is 4.78. The van der Waals surface area contributed by atoms with E-state index in [9.17, 15) is 18.4 Å². The number of rotatable bonds is 8. The van der Waals surface area contributed by atoms with Gasteiger partial charge in [0.25, 0.3) is 5.91 Å². The van der Waals surface area contributed by atoms with Gasteiger partial charge in [-0.1, -0.05) is 40.2 Å². The van der Waals surface area contributed by atoms with Gasteiger partial charge in [-0.05, 0) is 42.5 Å². The lowest BCUT2D eigenvalue weighted by Gasteiger charge is -2.09. The maximum atomic E-state index is 13.8. The van der Waals surface area contributed by atoms with Crippen molar-refractivity contribution in [2.45, 2.75) is 11.4 Å². The second-order valence-corrected chi connectivity index (χ2v) is 9.33. The molecule has 2 N–H and O–H groups in total. The summed E-state index contributed by atoms with van der Waals surface area (Å²) in [5.41, 5.74) is 1.07. The van der Waals surface area contributed by atoms with Crippen LogP contribution in [0.2, 0.25) is 0 Å². The molecule has 1 heterocycles. The highest BCUT2D eigenvalue weighted by atomic mass is 79.9. The van der Waals surface area contributed by atoms with E-state index in [0.717, 1.165) is 38.1 Å². The highest BCUT2D eigenvalue weighted by Gasteiger charge is 2.17. The third kappa shape index (κ3) is 5.66. The second-order valence-electron chi connectivity index (χ2n) is 7.40. The number of hydrogen-bond donors (Lipinski definition) is 2. The van der Waals surface area contributed by atoms with Crippen LogP contribution in [-0.2, 0) is 11.3 Å². The lowest BCUT2D eigenvalue weighted by molar-refractivity contribution is -0.113. The van der Waals surface area contributed by atoms with Crippen molar-refractivity contribution >= 4 is 56.1 Å². The van der Waals surface area contributed by atoms with Crippen LogP contribution in [0, 0.1) is 11.6 Å². The predicted octanol–water partition coefficient (Wildman–Crippen LogP) is 5.84. The molecule has 0 aliphatic heterocycles. The summed E-state index contributed by atoms with van der Waals surface area (Å²) in [5, 5.41) is 6.42. The lowest BCUT2D eigenvalue weighted by Crippen LogP contribution is -2.28. The van der Waals surface area contributed by atoms with Gasteiger partial charge < -0.3 is 15.2 Å². The van der Waals surface area contributed by atoms with E-state index < -0.39 is 23.1 Å². The molecule has 0 spiro atoms. The number of para-hydroxylation sites is 1. The lowest BCUT2D eigenvalue weighted by atomic mass is 10.2. The van der Waals surface area contributed by atoms with Crippen LogP contribution >= 0.6 is 27.7 Å². The Morgan fingerprint density at radius 1 is 0.941 bits per heavy atom. The first-order valence-corrected chi connectivity index (χ1v) is 12.2. The van der Waals surface area contributed by atoms with Gasteiger partial charge in [0.05, 0.1) is 5.75 Å². The first kappa shape index (κ1) is 24.0. The number of hydrogen-bond acceptors (Lipinski definition) is 3. The summed E-state index contributed by atoms with van der Waals surface area (Å²) in [7, 11) is 0. The first-order valence-electron chi connectivity index (χ1n) is 10.4. The van der Waals surface area contributed by atoms with Crippen LogP contribution in [0.5, 0.6) is 0 Å². The van der Waals surface area contributed by atoms with Crippen LogP contribution < -0.4 is 10.6 Å². The van der Waals surface area contributed by atoms with Crippen LogP contribution in [0.25, 0.3) is 10.9 Å². The summed E-state index contributed by atoms with van der Waals surface area (Å²) in [6.07, 6.45) is 1.91. The molecule has 4 rings (SSSR count). The van der Waals surface area contributed by atoms with Crippen molar-refractivity contribution in [3.8, 4) is 0 Å². The molecule has 34 heavy (non-hydrogen) atoms. The van der Waals surface area contributed by atoms with E-state index in [1.54, 1.807) is 0 Å². The standard InChI is InChI=1S/C25H20BrF2N3O2S/c26-16-8-10-17(11-9-16)30-23(32)15-34-22-14-31(21-7-2-1-4-18(21)22)13-12-29-25(33)24-19(27)5-3-6-20(24)28/h1-11,14H,12-13,15H2,(H,29,33)(H,30,32). The van der Waals surface area contributed by atoms with Gasteiger partial charge in [0.2, 0.25) is 5.91 Å². The number of nitrogens with one attached hydrogen (secondary N) is 2. The third-order valence-electron chi connectivity index (χ3n) is 5.07. The SMILES string of the molecule is O=C(CSc1cn(CCNC(=O)c2c(F)cccc2F)c2ccccc12)Nc1ccc(Br)cc1. The van der Waals surface area contributed by atoms with Crippen molar-refractivity contribution in [2.24, 2.45) is 0 Å². The average Bonchev–Trinajstić information content (AvgIpc) is 3.17. The number of amides is 2. The van der Waals surface area contributed by atoms with Crippen LogP contribution in [0.3, 0.4) is 0 Å². The van der Waals surface area contributed by atoms with E-state index in [1.807, 2.05) is 59.3 Å². The molecular weight excluding hydrogens is 524 g/mol. The number of nitrogens with zero attached hydrogens (tertiary/aromatic N) is 1. The molecule has 0 aliphatic rings. The second kappa shape index (κ2) is 10.8. The highest BCUT2D eigenvalue weighted by Crippen LogP contribution is 2.30. The molecule has 0 atom stereocenters. The molecule has 5 nitrogen and oxygen atoms in total. The molecule has 174 valence electrons. The summed E-state index contributed by atoms with van der Waals surface area (Å²) in [5.74, 6) is -2.49. The van der Waals surface area contributed by atoms with Crippen molar-refractivity contribution in [1.29, 1.82) is 0 Å². The van der Waals surface area contributed by atoms with E-state index >= 15 is 0 Å². The number of carbonyl (C=O) groups excluding carboxylic acids is 2. The fraction of sp³-hybridized carbons (Fsp3) is 0.120. The molecule has 0 fully saturated rings. The summed E-state index contributed by atoms with van der Waals surface area (Å²) < 4.78 is 30.5. The minimum absolute atomic E-state index is 0.122. The smallest absolute Gasteiger partial charge is 0.257 e. The van der Waals surface area contributed by atoms with Gasteiger partial charge in [-0.15, -0.1) is 11.8 Å².